The van der Waals surface area contributed by atoms with Gasteiger partial charge in [-0.25, -0.2) is 4.79 Å². The van der Waals surface area contributed by atoms with Gasteiger partial charge in [0.25, 0.3) is 0 Å². The van der Waals surface area contributed by atoms with Crippen LogP contribution in [-0.2, 0) is 20.9 Å². The van der Waals surface area contributed by atoms with Crippen molar-refractivity contribution in [2.75, 3.05) is 7.11 Å². The molecule has 3 aromatic rings. The number of aromatic nitrogens is 2. The number of aliphatic imine (C=N–C) groups is 1. The zero-order valence-corrected chi connectivity index (χ0v) is 21.5. The number of rotatable bonds is 5. The second kappa shape index (κ2) is 10.0. The Hall–Kier alpha value is -3.22. The first kappa shape index (κ1) is 24.5. The Balaban J connectivity index is 1.69. The van der Waals surface area contributed by atoms with Crippen LogP contribution in [0, 0.1) is 5.92 Å². The Morgan fingerprint density at radius 2 is 1.89 bits per heavy atom. The number of ether oxygens (including phenoxy) is 1. The number of benzene rings is 2. The number of hydrogen-bond acceptors (Lipinski definition) is 5. The largest absolute Gasteiger partial charge is 0.466 e. The average molecular weight is 522 g/mol. The molecular formula is C28H25Cl2N3O3. The number of carbonyl (C=O) groups excluding carboxylic acids is 2. The molecule has 0 radical (unpaired) electrons. The third kappa shape index (κ3) is 4.51. The van der Waals surface area contributed by atoms with Gasteiger partial charge in [-0.15, -0.1) is 0 Å². The number of methoxy groups -OCH3 is 1. The van der Waals surface area contributed by atoms with Crippen LogP contribution in [0.2, 0.25) is 10.0 Å². The second-order valence-electron chi connectivity index (χ2n) is 9.10. The molecule has 1 aliphatic heterocycles. The van der Waals surface area contributed by atoms with E-state index in [0.717, 1.165) is 35.2 Å². The fraction of sp³-hybridized carbons (Fsp3) is 0.286. The molecule has 8 heteroatoms. The van der Waals surface area contributed by atoms with Crippen LogP contribution < -0.4 is 0 Å². The maximum atomic E-state index is 13.3. The molecule has 36 heavy (non-hydrogen) atoms. The molecule has 1 aromatic heterocycles. The van der Waals surface area contributed by atoms with Gasteiger partial charge in [0.2, 0.25) is 0 Å². The Bertz CT molecular complexity index is 1410. The van der Waals surface area contributed by atoms with E-state index >= 15 is 0 Å². The summed E-state index contributed by atoms with van der Waals surface area (Å²) in [7, 11) is 1.35. The topological polar surface area (TPSA) is 73.5 Å². The summed E-state index contributed by atoms with van der Waals surface area (Å²) in [5.41, 5.74) is 5.06. The third-order valence-electron chi connectivity index (χ3n) is 6.83. The summed E-state index contributed by atoms with van der Waals surface area (Å²) < 4.78 is 6.97. The summed E-state index contributed by atoms with van der Waals surface area (Å²) in [6.07, 6.45) is 3.87. The van der Waals surface area contributed by atoms with E-state index in [1.54, 1.807) is 16.8 Å². The van der Waals surface area contributed by atoms with Crippen molar-refractivity contribution in [3.8, 4) is 11.3 Å². The van der Waals surface area contributed by atoms with Crippen LogP contribution in [0.5, 0.6) is 0 Å². The molecule has 0 N–H and O–H groups in total. The van der Waals surface area contributed by atoms with Gasteiger partial charge in [0, 0.05) is 51.1 Å². The molecular weight excluding hydrogens is 497 g/mol. The first-order chi connectivity index (χ1) is 17.4. The van der Waals surface area contributed by atoms with Crippen LogP contribution in [0.15, 0.2) is 71.0 Å². The molecule has 1 aliphatic carbocycles. The molecule has 0 saturated heterocycles. The number of fused-ring (bicyclic) bond motifs is 1. The summed E-state index contributed by atoms with van der Waals surface area (Å²) in [5.74, 6) is -1.45. The lowest BCUT2D eigenvalue weighted by molar-refractivity contribution is -0.136. The van der Waals surface area contributed by atoms with Crippen molar-refractivity contribution in [1.29, 1.82) is 0 Å². The molecule has 0 amide bonds. The van der Waals surface area contributed by atoms with Gasteiger partial charge in [0.15, 0.2) is 0 Å². The van der Waals surface area contributed by atoms with Gasteiger partial charge in [-0.3, -0.25) is 14.5 Å². The first-order valence-corrected chi connectivity index (χ1v) is 12.6. The molecule has 2 heterocycles. The van der Waals surface area contributed by atoms with Gasteiger partial charge in [-0.1, -0.05) is 59.6 Å². The molecule has 5 rings (SSSR count). The van der Waals surface area contributed by atoms with Gasteiger partial charge in [0.1, 0.15) is 5.78 Å². The Kier molecular flexibility index (Phi) is 6.82. The minimum atomic E-state index is -0.539. The highest BCUT2D eigenvalue weighted by atomic mass is 35.5. The smallest absolute Gasteiger partial charge is 0.336 e. The molecule has 2 aliphatic rings. The van der Waals surface area contributed by atoms with Crippen LogP contribution in [0.4, 0.5) is 0 Å². The van der Waals surface area contributed by atoms with Gasteiger partial charge in [-0.05, 0) is 37.5 Å². The van der Waals surface area contributed by atoms with Crippen LogP contribution in [0.3, 0.4) is 0 Å². The number of hydrogen-bond donors (Lipinski definition) is 0. The number of allylic oxidation sites excluding steroid dienone is 1. The highest BCUT2D eigenvalue weighted by Crippen LogP contribution is 2.45. The van der Waals surface area contributed by atoms with E-state index in [4.69, 9.17) is 38.0 Å². The minimum Gasteiger partial charge on any atom is -0.466 e. The molecule has 2 aromatic carbocycles. The Labute approximate surface area is 219 Å². The van der Waals surface area contributed by atoms with Gasteiger partial charge < -0.3 is 4.74 Å². The summed E-state index contributed by atoms with van der Waals surface area (Å²) >= 11 is 12.5. The Morgan fingerprint density at radius 3 is 2.61 bits per heavy atom. The zero-order chi connectivity index (χ0) is 25.4. The fourth-order valence-corrected chi connectivity index (χ4v) is 5.69. The lowest BCUT2D eigenvalue weighted by atomic mass is 9.69. The van der Waals surface area contributed by atoms with Gasteiger partial charge in [0.05, 0.1) is 30.8 Å². The first-order valence-electron chi connectivity index (χ1n) is 11.8. The second-order valence-corrected chi connectivity index (χ2v) is 9.95. The highest BCUT2D eigenvalue weighted by molar-refractivity contribution is 6.35. The summed E-state index contributed by atoms with van der Waals surface area (Å²) in [6.45, 7) is 2.21. The molecule has 2 atom stereocenters. The third-order valence-corrected chi connectivity index (χ3v) is 7.42. The maximum absolute atomic E-state index is 13.3. The van der Waals surface area contributed by atoms with E-state index < -0.39 is 17.8 Å². The molecule has 6 nitrogen and oxygen atoms in total. The number of nitrogens with zero attached hydrogens (tertiary/aromatic N) is 3. The number of carbonyl (C=O) groups is 2. The highest BCUT2D eigenvalue weighted by Gasteiger charge is 2.45. The van der Waals surface area contributed by atoms with E-state index in [2.05, 4.69) is 0 Å². The van der Waals surface area contributed by atoms with E-state index in [1.807, 2.05) is 49.5 Å². The Morgan fingerprint density at radius 1 is 1.11 bits per heavy atom. The average Bonchev–Trinajstić information content (AvgIpc) is 3.28. The van der Waals surface area contributed by atoms with E-state index in [-0.39, 0.29) is 5.78 Å². The molecule has 1 saturated carbocycles. The van der Waals surface area contributed by atoms with Crippen molar-refractivity contribution < 1.29 is 14.3 Å². The predicted octanol–water partition coefficient (Wildman–Crippen LogP) is 6.26. The molecule has 0 spiro atoms. The van der Waals surface area contributed by atoms with Gasteiger partial charge in [-0.2, -0.15) is 5.10 Å². The number of halogens is 2. The number of esters is 1. The van der Waals surface area contributed by atoms with Crippen molar-refractivity contribution in [2.45, 2.75) is 38.6 Å². The molecule has 2 unspecified atom stereocenters. The normalized spacial score (nSPS) is 19.7. The van der Waals surface area contributed by atoms with E-state index in [9.17, 15) is 9.59 Å². The summed E-state index contributed by atoms with van der Waals surface area (Å²) in [4.78, 5) is 31.0. The van der Waals surface area contributed by atoms with Crippen molar-refractivity contribution in [1.82, 2.24) is 9.78 Å². The van der Waals surface area contributed by atoms with Crippen LogP contribution in [0.1, 0.15) is 43.2 Å². The fourth-order valence-electron chi connectivity index (χ4n) is 5.22. The molecule has 1 fully saturated rings. The summed E-state index contributed by atoms with van der Waals surface area (Å²) in [6, 6.07) is 15.1. The molecule has 184 valence electrons. The predicted molar refractivity (Wildman–Crippen MR) is 140 cm³/mol. The standard InChI is InChI=1S/C28H25Cl2N3O3/c1-16-24(28(35)36-2)25(26-22(31-16)9-6-10-23(26)34)20-15-33(14-18-11-12-19(29)13-21(18)30)32-27(20)17-7-4-3-5-8-17/h3-5,7-8,11-13,15,25-26H,6,9-10,14H2,1-2H3. The SMILES string of the molecule is COC(=O)C1=C(C)N=C2CCCC(=O)C2C1c1cn(Cc2ccc(Cl)cc2Cl)nc1-c1ccccc1. The zero-order valence-electron chi connectivity index (χ0n) is 20.0. The van der Waals surface area contributed by atoms with Gasteiger partial charge >= 0.3 is 5.97 Å². The van der Waals surface area contributed by atoms with Crippen molar-refractivity contribution >= 4 is 40.7 Å². The van der Waals surface area contributed by atoms with Crippen LogP contribution >= 0.6 is 23.2 Å². The van der Waals surface area contributed by atoms with Crippen LogP contribution in [-0.4, -0.2) is 34.4 Å². The van der Waals surface area contributed by atoms with E-state index in [1.165, 1.54) is 7.11 Å². The number of Topliss-reactive ketones (excluding diaryl/α,β-unsaturated/α-hetero) is 1. The van der Waals surface area contributed by atoms with E-state index in [0.29, 0.717) is 40.0 Å². The minimum absolute atomic E-state index is 0.0893. The van der Waals surface area contributed by atoms with Crippen molar-refractivity contribution in [3.05, 3.63) is 87.2 Å². The maximum Gasteiger partial charge on any atom is 0.336 e. The number of ketones is 1. The van der Waals surface area contributed by atoms with Crippen molar-refractivity contribution in [2.24, 2.45) is 10.9 Å². The quantitative estimate of drug-likeness (QED) is 0.371. The monoisotopic (exact) mass is 521 g/mol. The molecule has 0 bridgehead atoms. The van der Waals surface area contributed by atoms with Crippen molar-refractivity contribution in [3.63, 3.8) is 0 Å². The summed E-state index contributed by atoms with van der Waals surface area (Å²) in [5, 5.41) is 6.02. The lowest BCUT2D eigenvalue weighted by Gasteiger charge is -2.35. The van der Waals surface area contributed by atoms with Crippen LogP contribution in [0.25, 0.3) is 11.3 Å². The lowest BCUT2D eigenvalue weighted by Crippen LogP contribution is -2.39.